The maximum absolute atomic E-state index is 12.4. The molecule has 27 heavy (non-hydrogen) atoms. The van der Waals surface area contributed by atoms with Crippen molar-refractivity contribution in [3.8, 4) is 0 Å². The van der Waals surface area contributed by atoms with Gasteiger partial charge in [0.05, 0.1) is 0 Å². The molecule has 0 heterocycles. The van der Waals surface area contributed by atoms with Crippen molar-refractivity contribution in [1.29, 1.82) is 0 Å². The SMILES string of the molecule is CCC[C@H](NC(=O)OC(C)(C)C)C(=O)N[C@@H](C)C(=O)OCc1ccccc1. The summed E-state index contributed by atoms with van der Waals surface area (Å²) in [5.41, 5.74) is 0.200. The van der Waals surface area contributed by atoms with Crippen molar-refractivity contribution < 1.29 is 23.9 Å². The Labute approximate surface area is 160 Å². The van der Waals surface area contributed by atoms with Gasteiger partial charge in [-0.25, -0.2) is 9.59 Å². The Morgan fingerprint density at radius 3 is 2.26 bits per heavy atom. The topological polar surface area (TPSA) is 93.7 Å². The van der Waals surface area contributed by atoms with Crippen molar-refractivity contribution in [3.63, 3.8) is 0 Å². The summed E-state index contributed by atoms with van der Waals surface area (Å²) in [6, 6.07) is 7.66. The zero-order valence-electron chi connectivity index (χ0n) is 16.7. The molecule has 2 amide bonds. The van der Waals surface area contributed by atoms with E-state index in [0.717, 1.165) is 5.56 Å². The molecular weight excluding hydrogens is 348 g/mol. The number of alkyl carbamates (subject to hydrolysis) is 1. The summed E-state index contributed by atoms with van der Waals surface area (Å²) in [7, 11) is 0. The molecule has 2 N–H and O–H groups in total. The van der Waals surface area contributed by atoms with Crippen LogP contribution in [0.15, 0.2) is 30.3 Å². The van der Waals surface area contributed by atoms with Gasteiger partial charge in [0.15, 0.2) is 0 Å². The number of rotatable bonds is 8. The maximum atomic E-state index is 12.4. The van der Waals surface area contributed by atoms with E-state index in [4.69, 9.17) is 9.47 Å². The minimum atomic E-state index is -0.832. The molecule has 0 aliphatic rings. The fraction of sp³-hybridized carbons (Fsp3) is 0.550. The third-order valence-corrected chi connectivity index (χ3v) is 3.52. The Morgan fingerprint density at radius 1 is 1.07 bits per heavy atom. The van der Waals surface area contributed by atoms with Gasteiger partial charge >= 0.3 is 12.1 Å². The average molecular weight is 378 g/mol. The molecule has 0 spiro atoms. The second kappa shape index (κ2) is 10.5. The first-order valence-corrected chi connectivity index (χ1v) is 9.13. The van der Waals surface area contributed by atoms with Crippen molar-refractivity contribution in [2.45, 2.75) is 71.8 Å². The second-order valence-electron chi connectivity index (χ2n) is 7.31. The highest BCUT2D eigenvalue weighted by molar-refractivity contribution is 5.89. The van der Waals surface area contributed by atoms with Crippen molar-refractivity contribution in [1.82, 2.24) is 10.6 Å². The molecule has 0 saturated heterocycles. The highest BCUT2D eigenvalue weighted by Crippen LogP contribution is 2.08. The number of carbonyl (C=O) groups is 3. The lowest BCUT2D eigenvalue weighted by Crippen LogP contribution is -2.51. The van der Waals surface area contributed by atoms with Gasteiger partial charge in [0, 0.05) is 0 Å². The Balaban J connectivity index is 2.55. The van der Waals surface area contributed by atoms with E-state index in [1.54, 1.807) is 27.7 Å². The van der Waals surface area contributed by atoms with Gasteiger partial charge in [-0.05, 0) is 39.7 Å². The van der Waals surface area contributed by atoms with E-state index >= 15 is 0 Å². The molecular formula is C20H30N2O5. The summed E-state index contributed by atoms with van der Waals surface area (Å²) < 4.78 is 10.4. The molecule has 7 heteroatoms. The van der Waals surface area contributed by atoms with Crippen molar-refractivity contribution in [2.75, 3.05) is 0 Å². The number of hydrogen-bond donors (Lipinski definition) is 2. The third-order valence-electron chi connectivity index (χ3n) is 3.52. The fourth-order valence-corrected chi connectivity index (χ4v) is 2.23. The van der Waals surface area contributed by atoms with Crippen molar-refractivity contribution in [2.24, 2.45) is 0 Å². The average Bonchev–Trinajstić information content (AvgIpc) is 2.58. The highest BCUT2D eigenvalue weighted by atomic mass is 16.6. The van der Waals surface area contributed by atoms with Gasteiger partial charge in [0.1, 0.15) is 24.3 Å². The predicted octanol–water partition coefficient (Wildman–Crippen LogP) is 2.93. The van der Waals surface area contributed by atoms with Crippen LogP contribution in [-0.4, -0.2) is 35.7 Å². The molecule has 2 atom stereocenters. The van der Waals surface area contributed by atoms with E-state index in [2.05, 4.69) is 10.6 Å². The molecule has 0 aliphatic heterocycles. The highest BCUT2D eigenvalue weighted by Gasteiger charge is 2.26. The van der Waals surface area contributed by atoms with Crippen LogP contribution in [0.25, 0.3) is 0 Å². The monoisotopic (exact) mass is 378 g/mol. The lowest BCUT2D eigenvalue weighted by molar-refractivity contribution is -0.148. The summed E-state index contributed by atoms with van der Waals surface area (Å²) in [4.78, 5) is 36.4. The quantitative estimate of drug-likeness (QED) is 0.679. The van der Waals surface area contributed by atoms with Gasteiger partial charge in [-0.1, -0.05) is 43.7 Å². The first-order chi connectivity index (χ1) is 12.6. The zero-order chi connectivity index (χ0) is 20.4. The van der Waals surface area contributed by atoms with E-state index in [0.29, 0.717) is 12.8 Å². The largest absolute Gasteiger partial charge is 0.459 e. The second-order valence-corrected chi connectivity index (χ2v) is 7.31. The van der Waals surface area contributed by atoms with Crippen LogP contribution in [0.1, 0.15) is 53.0 Å². The van der Waals surface area contributed by atoms with Gasteiger partial charge < -0.3 is 20.1 Å². The molecule has 1 rings (SSSR count). The molecule has 0 fully saturated rings. The lowest BCUT2D eigenvalue weighted by Gasteiger charge is -2.24. The minimum absolute atomic E-state index is 0.133. The summed E-state index contributed by atoms with van der Waals surface area (Å²) in [6.07, 6.45) is 0.438. The summed E-state index contributed by atoms with van der Waals surface area (Å²) >= 11 is 0. The minimum Gasteiger partial charge on any atom is -0.459 e. The molecule has 0 radical (unpaired) electrons. The van der Waals surface area contributed by atoms with Gasteiger partial charge in [-0.2, -0.15) is 0 Å². The van der Waals surface area contributed by atoms with Gasteiger partial charge in [0.25, 0.3) is 0 Å². The third kappa shape index (κ3) is 9.08. The lowest BCUT2D eigenvalue weighted by atomic mass is 10.1. The first kappa shape index (κ1) is 22.5. The van der Waals surface area contributed by atoms with Crippen molar-refractivity contribution >= 4 is 18.0 Å². The Hall–Kier alpha value is -2.57. The van der Waals surface area contributed by atoms with Crippen molar-refractivity contribution in [3.05, 3.63) is 35.9 Å². The van der Waals surface area contributed by atoms with Crippen LogP contribution in [0.5, 0.6) is 0 Å². The predicted molar refractivity (Wildman–Crippen MR) is 102 cm³/mol. The van der Waals surface area contributed by atoms with E-state index in [1.807, 2.05) is 37.3 Å². The Bertz CT molecular complexity index is 625. The number of nitrogens with one attached hydrogen (secondary N) is 2. The summed E-state index contributed by atoms with van der Waals surface area (Å²) in [5, 5.41) is 5.14. The number of amides is 2. The zero-order valence-corrected chi connectivity index (χ0v) is 16.7. The van der Waals surface area contributed by atoms with Crippen LogP contribution in [0, 0.1) is 0 Å². The van der Waals surface area contributed by atoms with Gasteiger partial charge in [0.2, 0.25) is 5.91 Å². The van der Waals surface area contributed by atoms with E-state index < -0.39 is 35.7 Å². The summed E-state index contributed by atoms with van der Waals surface area (Å²) in [5.74, 6) is -0.994. The van der Waals surface area contributed by atoms with Crippen LogP contribution in [-0.2, 0) is 25.7 Å². The maximum Gasteiger partial charge on any atom is 0.408 e. The van der Waals surface area contributed by atoms with E-state index in [9.17, 15) is 14.4 Å². The molecule has 0 bridgehead atoms. The van der Waals surface area contributed by atoms with Crippen LogP contribution in [0.2, 0.25) is 0 Å². The Kier molecular flexibility index (Phi) is 8.78. The number of ether oxygens (including phenoxy) is 2. The van der Waals surface area contributed by atoms with E-state index in [-0.39, 0.29) is 6.61 Å². The molecule has 150 valence electrons. The molecule has 0 aliphatic carbocycles. The van der Waals surface area contributed by atoms with E-state index in [1.165, 1.54) is 0 Å². The molecule has 0 aromatic heterocycles. The Morgan fingerprint density at radius 2 is 1.70 bits per heavy atom. The van der Waals surface area contributed by atoms with Crippen LogP contribution >= 0.6 is 0 Å². The fourth-order valence-electron chi connectivity index (χ4n) is 2.23. The molecule has 0 saturated carbocycles. The number of carbonyl (C=O) groups excluding carboxylic acids is 3. The molecule has 7 nitrogen and oxygen atoms in total. The smallest absolute Gasteiger partial charge is 0.408 e. The molecule has 0 unspecified atom stereocenters. The first-order valence-electron chi connectivity index (χ1n) is 9.13. The normalized spacial score (nSPS) is 13.2. The number of benzene rings is 1. The van der Waals surface area contributed by atoms with Crippen LogP contribution in [0.4, 0.5) is 4.79 Å². The standard InChI is InChI=1S/C20H30N2O5/c1-6-10-16(22-19(25)27-20(3,4)5)17(23)21-14(2)18(24)26-13-15-11-8-7-9-12-15/h7-9,11-12,14,16H,6,10,13H2,1-5H3,(H,21,23)(H,22,25)/t14-,16-/m0/s1. The number of hydrogen-bond acceptors (Lipinski definition) is 5. The molecule has 1 aromatic carbocycles. The van der Waals surface area contributed by atoms with Crippen LogP contribution in [0.3, 0.4) is 0 Å². The number of esters is 1. The summed E-state index contributed by atoms with van der Waals surface area (Å²) in [6.45, 7) is 8.80. The van der Waals surface area contributed by atoms with Gasteiger partial charge in [-0.3, -0.25) is 4.79 Å². The van der Waals surface area contributed by atoms with Gasteiger partial charge in [-0.15, -0.1) is 0 Å². The van der Waals surface area contributed by atoms with Crippen LogP contribution < -0.4 is 10.6 Å². The molecule has 1 aromatic rings.